The molecule has 0 saturated carbocycles. The maximum absolute atomic E-state index is 12.6. The van der Waals surface area contributed by atoms with Crippen molar-refractivity contribution in [2.24, 2.45) is 5.92 Å². The molecule has 4 heteroatoms. The van der Waals surface area contributed by atoms with E-state index in [4.69, 9.17) is 0 Å². The highest BCUT2D eigenvalue weighted by molar-refractivity contribution is 5.93. The van der Waals surface area contributed by atoms with Crippen LogP contribution in [0.2, 0.25) is 0 Å². The smallest absolute Gasteiger partial charge is 0.272 e. The summed E-state index contributed by atoms with van der Waals surface area (Å²) in [6, 6.07) is 12.2. The van der Waals surface area contributed by atoms with E-state index in [9.17, 15) is 4.79 Å². The van der Waals surface area contributed by atoms with E-state index in [-0.39, 0.29) is 5.91 Å². The Morgan fingerprint density at radius 3 is 2.83 bits per heavy atom. The van der Waals surface area contributed by atoms with Crippen LogP contribution < -0.4 is 5.32 Å². The molecule has 0 spiro atoms. The first-order valence-corrected chi connectivity index (χ1v) is 8.66. The van der Waals surface area contributed by atoms with Gasteiger partial charge in [-0.2, -0.15) is 0 Å². The van der Waals surface area contributed by atoms with Gasteiger partial charge >= 0.3 is 0 Å². The van der Waals surface area contributed by atoms with Crippen LogP contribution in [-0.4, -0.2) is 28.9 Å². The number of hydrogen-bond acceptors (Lipinski definition) is 3. The standard InChI is InChI=1S/C20H25N3O/c1-15-5-7-17(8-6-15)13-22-18-9-10-21-19(12-18)20(24)23-11-3-4-16(2)14-23/h5-10,12,16H,3-4,11,13-14H2,1-2H3,(H,21,22). The van der Waals surface area contributed by atoms with Crippen molar-refractivity contribution in [3.8, 4) is 0 Å². The molecule has 3 rings (SSSR count). The van der Waals surface area contributed by atoms with Gasteiger partial charge in [-0.15, -0.1) is 0 Å². The van der Waals surface area contributed by atoms with Gasteiger partial charge in [0.25, 0.3) is 5.91 Å². The highest BCUT2D eigenvalue weighted by Crippen LogP contribution is 2.18. The summed E-state index contributed by atoms with van der Waals surface area (Å²) >= 11 is 0. The molecule has 1 amide bonds. The van der Waals surface area contributed by atoms with Crippen LogP contribution in [0.1, 0.15) is 41.4 Å². The predicted molar refractivity (Wildman–Crippen MR) is 97.0 cm³/mol. The fourth-order valence-corrected chi connectivity index (χ4v) is 3.10. The third-order valence-corrected chi connectivity index (χ3v) is 4.54. The van der Waals surface area contributed by atoms with Crippen molar-refractivity contribution in [2.75, 3.05) is 18.4 Å². The highest BCUT2D eigenvalue weighted by atomic mass is 16.2. The van der Waals surface area contributed by atoms with Gasteiger partial charge in [0.1, 0.15) is 5.69 Å². The van der Waals surface area contributed by atoms with Crippen molar-refractivity contribution < 1.29 is 4.79 Å². The Labute approximate surface area is 143 Å². The molecule has 1 atom stereocenters. The second kappa shape index (κ2) is 7.47. The van der Waals surface area contributed by atoms with Crippen LogP contribution in [0.3, 0.4) is 0 Å². The third-order valence-electron chi connectivity index (χ3n) is 4.54. The summed E-state index contributed by atoms with van der Waals surface area (Å²) < 4.78 is 0. The van der Waals surface area contributed by atoms with Gasteiger partial charge in [0.15, 0.2) is 0 Å². The lowest BCUT2D eigenvalue weighted by atomic mass is 10.00. The maximum atomic E-state index is 12.6. The largest absolute Gasteiger partial charge is 0.381 e. The topological polar surface area (TPSA) is 45.2 Å². The van der Waals surface area contributed by atoms with Gasteiger partial charge in [0.2, 0.25) is 0 Å². The lowest BCUT2D eigenvalue weighted by Crippen LogP contribution is -2.39. The van der Waals surface area contributed by atoms with Crippen LogP contribution in [0.15, 0.2) is 42.6 Å². The molecule has 1 aromatic carbocycles. The molecular weight excluding hydrogens is 298 g/mol. The predicted octanol–water partition coefficient (Wildman–Crippen LogP) is 3.87. The molecule has 0 aliphatic carbocycles. The first-order valence-electron chi connectivity index (χ1n) is 8.66. The number of amides is 1. The second-order valence-electron chi connectivity index (χ2n) is 6.77. The van der Waals surface area contributed by atoms with Crippen LogP contribution in [0.4, 0.5) is 5.69 Å². The van der Waals surface area contributed by atoms with Gasteiger partial charge in [-0.05, 0) is 43.4 Å². The van der Waals surface area contributed by atoms with Crippen LogP contribution in [0, 0.1) is 12.8 Å². The van der Waals surface area contributed by atoms with Gasteiger partial charge in [0.05, 0.1) is 0 Å². The molecule has 1 saturated heterocycles. The summed E-state index contributed by atoms with van der Waals surface area (Å²) in [6.45, 7) is 6.69. The fraction of sp³-hybridized carbons (Fsp3) is 0.400. The fourth-order valence-electron chi connectivity index (χ4n) is 3.10. The van der Waals surface area contributed by atoms with E-state index in [1.165, 1.54) is 17.5 Å². The molecule has 1 aromatic heterocycles. The molecule has 126 valence electrons. The van der Waals surface area contributed by atoms with Crippen molar-refractivity contribution in [2.45, 2.75) is 33.2 Å². The molecule has 1 unspecified atom stereocenters. The number of hydrogen-bond donors (Lipinski definition) is 1. The molecule has 0 radical (unpaired) electrons. The van der Waals surface area contributed by atoms with Crippen molar-refractivity contribution in [1.82, 2.24) is 9.88 Å². The van der Waals surface area contributed by atoms with Crippen LogP contribution >= 0.6 is 0 Å². The zero-order valence-corrected chi connectivity index (χ0v) is 14.5. The SMILES string of the molecule is Cc1ccc(CNc2ccnc(C(=O)N3CCCC(C)C3)c2)cc1. The van der Waals surface area contributed by atoms with Crippen molar-refractivity contribution in [3.63, 3.8) is 0 Å². The third kappa shape index (κ3) is 4.13. The van der Waals surface area contributed by atoms with E-state index in [1.807, 2.05) is 17.0 Å². The molecule has 4 nitrogen and oxygen atoms in total. The number of piperidine rings is 1. The number of anilines is 1. The second-order valence-corrected chi connectivity index (χ2v) is 6.77. The number of nitrogens with one attached hydrogen (secondary N) is 1. The van der Waals surface area contributed by atoms with E-state index in [0.29, 0.717) is 11.6 Å². The molecule has 1 aliphatic heterocycles. The minimum Gasteiger partial charge on any atom is -0.381 e. The minimum absolute atomic E-state index is 0.0422. The van der Waals surface area contributed by atoms with E-state index >= 15 is 0 Å². The Morgan fingerprint density at radius 1 is 1.29 bits per heavy atom. The van der Waals surface area contributed by atoms with Gasteiger partial charge in [0, 0.05) is 31.5 Å². The highest BCUT2D eigenvalue weighted by Gasteiger charge is 2.22. The molecule has 24 heavy (non-hydrogen) atoms. The van der Waals surface area contributed by atoms with E-state index < -0.39 is 0 Å². The van der Waals surface area contributed by atoms with Gasteiger partial charge < -0.3 is 10.2 Å². The van der Waals surface area contributed by atoms with Crippen molar-refractivity contribution in [3.05, 3.63) is 59.4 Å². The van der Waals surface area contributed by atoms with Crippen molar-refractivity contribution >= 4 is 11.6 Å². The summed E-state index contributed by atoms with van der Waals surface area (Å²) in [4.78, 5) is 18.9. The molecule has 2 heterocycles. The summed E-state index contributed by atoms with van der Waals surface area (Å²) in [7, 11) is 0. The molecule has 0 bridgehead atoms. The minimum atomic E-state index is 0.0422. The summed E-state index contributed by atoms with van der Waals surface area (Å²) in [5.41, 5.74) is 3.93. The normalized spacial score (nSPS) is 17.6. The van der Waals surface area contributed by atoms with Crippen LogP contribution in [0.25, 0.3) is 0 Å². The number of rotatable bonds is 4. The van der Waals surface area contributed by atoms with Gasteiger partial charge in [-0.25, -0.2) is 0 Å². The molecule has 1 aliphatic rings. The summed E-state index contributed by atoms with van der Waals surface area (Å²) in [5, 5.41) is 3.38. The van der Waals surface area contributed by atoms with Crippen LogP contribution in [0.5, 0.6) is 0 Å². The van der Waals surface area contributed by atoms with Crippen LogP contribution in [-0.2, 0) is 6.54 Å². The number of aromatic nitrogens is 1. The molecule has 2 aromatic rings. The van der Waals surface area contributed by atoms with Gasteiger partial charge in [-0.1, -0.05) is 36.8 Å². The summed E-state index contributed by atoms with van der Waals surface area (Å²) in [6.07, 6.45) is 3.99. The molecule has 1 N–H and O–H groups in total. The summed E-state index contributed by atoms with van der Waals surface area (Å²) in [5.74, 6) is 0.617. The lowest BCUT2D eigenvalue weighted by Gasteiger charge is -2.30. The Morgan fingerprint density at radius 2 is 2.08 bits per heavy atom. The van der Waals surface area contributed by atoms with E-state index in [0.717, 1.165) is 31.7 Å². The first-order chi connectivity index (χ1) is 11.6. The number of carbonyl (C=O) groups excluding carboxylic acids is 1. The van der Waals surface area contributed by atoms with Crippen molar-refractivity contribution in [1.29, 1.82) is 0 Å². The van der Waals surface area contributed by atoms with E-state index in [2.05, 4.69) is 48.4 Å². The number of carbonyl (C=O) groups is 1. The number of aryl methyl sites for hydroxylation is 1. The molecular formula is C20H25N3O. The lowest BCUT2D eigenvalue weighted by molar-refractivity contribution is 0.0677. The van der Waals surface area contributed by atoms with Gasteiger partial charge in [-0.3, -0.25) is 9.78 Å². The number of pyridine rings is 1. The Balaban J connectivity index is 1.65. The number of likely N-dealkylation sites (tertiary alicyclic amines) is 1. The average Bonchev–Trinajstić information content (AvgIpc) is 2.61. The maximum Gasteiger partial charge on any atom is 0.272 e. The Hall–Kier alpha value is -2.36. The zero-order chi connectivity index (χ0) is 16.9. The number of nitrogens with zero attached hydrogens (tertiary/aromatic N) is 2. The Kier molecular flexibility index (Phi) is 5.14. The number of benzene rings is 1. The monoisotopic (exact) mass is 323 g/mol. The quantitative estimate of drug-likeness (QED) is 0.929. The molecule has 1 fully saturated rings. The first kappa shape index (κ1) is 16.5. The average molecular weight is 323 g/mol. The zero-order valence-electron chi connectivity index (χ0n) is 14.5. The Bertz CT molecular complexity index is 696. The van der Waals surface area contributed by atoms with E-state index in [1.54, 1.807) is 6.20 Å².